The van der Waals surface area contributed by atoms with Crippen LogP contribution in [0.25, 0.3) is 0 Å². The van der Waals surface area contributed by atoms with Crippen LogP contribution < -0.4 is 11.1 Å². The van der Waals surface area contributed by atoms with Gasteiger partial charge in [0.15, 0.2) is 0 Å². The molecular formula is C11H22N2O2. The molecule has 0 radical (unpaired) electrons. The van der Waals surface area contributed by atoms with E-state index in [0.717, 1.165) is 25.7 Å². The smallest absolute Gasteiger partial charge is 0.223 e. The van der Waals surface area contributed by atoms with Crippen molar-refractivity contribution in [3.63, 3.8) is 0 Å². The molecule has 1 aliphatic rings. The molecule has 0 saturated heterocycles. The molecule has 4 N–H and O–H groups in total. The zero-order chi connectivity index (χ0) is 11.3. The summed E-state index contributed by atoms with van der Waals surface area (Å²) in [7, 11) is 0. The van der Waals surface area contributed by atoms with Crippen molar-refractivity contribution in [3.8, 4) is 0 Å². The molecule has 3 unspecified atom stereocenters. The standard InChI is InChI=1S/C11H22N2O2/c1-8(6-7-12)11(15)13-9-4-2-3-5-10(9)14/h8-10,14H,2-7,12H2,1H3,(H,13,15). The summed E-state index contributed by atoms with van der Waals surface area (Å²) in [5.41, 5.74) is 5.40. The molecule has 0 aromatic carbocycles. The van der Waals surface area contributed by atoms with E-state index in [1.54, 1.807) is 0 Å². The lowest BCUT2D eigenvalue weighted by molar-refractivity contribution is -0.126. The van der Waals surface area contributed by atoms with Gasteiger partial charge in [-0.1, -0.05) is 19.8 Å². The first kappa shape index (κ1) is 12.5. The molecule has 1 aliphatic carbocycles. The number of rotatable bonds is 4. The average molecular weight is 214 g/mol. The third-order valence-corrected chi connectivity index (χ3v) is 3.10. The second-order valence-electron chi connectivity index (χ2n) is 4.45. The summed E-state index contributed by atoms with van der Waals surface area (Å²) in [6.45, 7) is 2.40. The summed E-state index contributed by atoms with van der Waals surface area (Å²) >= 11 is 0. The number of carbonyl (C=O) groups is 1. The molecule has 0 aromatic heterocycles. The minimum Gasteiger partial charge on any atom is -0.391 e. The third kappa shape index (κ3) is 3.80. The maximum Gasteiger partial charge on any atom is 0.223 e. The Labute approximate surface area is 91.2 Å². The lowest BCUT2D eigenvalue weighted by Crippen LogP contribution is -2.47. The van der Waals surface area contributed by atoms with Crippen LogP contribution in [0.5, 0.6) is 0 Å². The predicted octanol–water partition coefficient (Wildman–Crippen LogP) is 0.391. The van der Waals surface area contributed by atoms with Gasteiger partial charge in [-0.2, -0.15) is 0 Å². The molecule has 15 heavy (non-hydrogen) atoms. The predicted molar refractivity (Wildman–Crippen MR) is 59.2 cm³/mol. The van der Waals surface area contributed by atoms with Gasteiger partial charge in [-0.05, 0) is 25.8 Å². The van der Waals surface area contributed by atoms with Crippen molar-refractivity contribution in [2.45, 2.75) is 51.2 Å². The van der Waals surface area contributed by atoms with Crippen molar-refractivity contribution in [2.24, 2.45) is 11.7 Å². The molecule has 4 nitrogen and oxygen atoms in total. The Kier molecular flexibility index (Phi) is 5.05. The number of carbonyl (C=O) groups excluding carboxylic acids is 1. The highest BCUT2D eigenvalue weighted by atomic mass is 16.3. The van der Waals surface area contributed by atoms with Crippen molar-refractivity contribution in [1.82, 2.24) is 5.32 Å². The number of hydrogen-bond donors (Lipinski definition) is 3. The van der Waals surface area contributed by atoms with Gasteiger partial charge in [-0.15, -0.1) is 0 Å². The van der Waals surface area contributed by atoms with E-state index in [9.17, 15) is 9.90 Å². The van der Waals surface area contributed by atoms with Gasteiger partial charge in [0.25, 0.3) is 0 Å². The maximum atomic E-state index is 11.7. The van der Waals surface area contributed by atoms with Gasteiger partial charge < -0.3 is 16.2 Å². The quantitative estimate of drug-likeness (QED) is 0.633. The first-order chi connectivity index (χ1) is 7.15. The highest BCUT2D eigenvalue weighted by Gasteiger charge is 2.25. The Hall–Kier alpha value is -0.610. The van der Waals surface area contributed by atoms with Gasteiger partial charge in [0, 0.05) is 5.92 Å². The fourth-order valence-electron chi connectivity index (χ4n) is 1.99. The molecule has 4 heteroatoms. The normalized spacial score (nSPS) is 28.5. The van der Waals surface area contributed by atoms with Crippen molar-refractivity contribution < 1.29 is 9.90 Å². The molecule has 1 fully saturated rings. The SMILES string of the molecule is CC(CCN)C(=O)NC1CCCCC1O. The highest BCUT2D eigenvalue weighted by Crippen LogP contribution is 2.18. The van der Waals surface area contributed by atoms with Crippen molar-refractivity contribution >= 4 is 5.91 Å². The Morgan fingerprint density at radius 3 is 2.80 bits per heavy atom. The lowest BCUT2D eigenvalue weighted by Gasteiger charge is -2.29. The van der Waals surface area contributed by atoms with E-state index in [0.29, 0.717) is 13.0 Å². The van der Waals surface area contributed by atoms with Crippen LogP contribution >= 0.6 is 0 Å². The van der Waals surface area contributed by atoms with E-state index in [-0.39, 0.29) is 24.0 Å². The number of nitrogens with one attached hydrogen (secondary N) is 1. The largest absolute Gasteiger partial charge is 0.391 e. The van der Waals surface area contributed by atoms with Gasteiger partial charge in [-0.25, -0.2) is 0 Å². The molecule has 0 heterocycles. The minimum atomic E-state index is -0.368. The summed E-state index contributed by atoms with van der Waals surface area (Å²) in [5, 5.41) is 12.6. The number of aliphatic hydroxyl groups excluding tert-OH is 1. The Morgan fingerprint density at radius 2 is 2.20 bits per heavy atom. The van der Waals surface area contributed by atoms with Gasteiger partial charge in [0.1, 0.15) is 0 Å². The van der Waals surface area contributed by atoms with Crippen LogP contribution in [0, 0.1) is 5.92 Å². The summed E-state index contributed by atoms with van der Waals surface area (Å²) < 4.78 is 0. The first-order valence-corrected chi connectivity index (χ1v) is 5.83. The van der Waals surface area contributed by atoms with E-state index in [1.165, 1.54) is 0 Å². The van der Waals surface area contributed by atoms with Crippen molar-refractivity contribution in [3.05, 3.63) is 0 Å². The number of aliphatic hydroxyl groups is 1. The minimum absolute atomic E-state index is 0.0198. The zero-order valence-electron chi connectivity index (χ0n) is 9.41. The van der Waals surface area contributed by atoms with Crippen LogP contribution in [-0.2, 0) is 4.79 Å². The zero-order valence-corrected chi connectivity index (χ0v) is 9.41. The van der Waals surface area contributed by atoms with Gasteiger partial charge in [0.05, 0.1) is 12.1 Å². The summed E-state index contributed by atoms with van der Waals surface area (Å²) in [6.07, 6.45) is 4.18. The molecular weight excluding hydrogens is 192 g/mol. The fraction of sp³-hybridized carbons (Fsp3) is 0.909. The van der Waals surface area contributed by atoms with Gasteiger partial charge >= 0.3 is 0 Å². The van der Waals surface area contributed by atoms with Gasteiger partial charge in [0.2, 0.25) is 5.91 Å². The molecule has 0 aromatic rings. The van der Waals surface area contributed by atoms with Crippen molar-refractivity contribution in [2.75, 3.05) is 6.54 Å². The summed E-state index contributed by atoms with van der Waals surface area (Å²) in [4.78, 5) is 11.7. The van der Waals surface area contributed by atoms with Crippen LogP contribution in [0.15, 0.2) is 0 Å². The molecule has 0 spiro atoms. The number of nitrogens with two attached hydrogens (primary N) is 1. The topological polar surface area (TPSA) is 75.4 Å². The Bertz CT molecular complexity index is 209. The highest BCUT2D eigenvalue weighted by molar-refractivity contribution is 5.78. The lowest BCUT2D eigenvalue weighted by atomic mass is 9.92. The molecule has 0 bridgehead atoms. The van der Waals surface area contributed by atoms with E-state index < -0.39 is 0 Å². The Morgan fingerprint density at radius 1 is 1.53 bits per heavy atom. The molecule has 0 aliphatic heterocycles. The molecule has 1 saturated carbocycles. The van der Waals surface area contributed by atoms with Crippen LogP contribution in [-0.4, -0.2) is 29.7 Å². The monoisotopic (exact) mass is 214 g/mol. The second-order valence-corrected chi connectivity index (χ2v) is 4.45. The van der Waals surface area contributed by atoms with E-state index in [4.69, 9.17) is 5.73 Å². The fourth-order valence-corrected chi connectivity index (χ4v) is 1.99. The molecule has 88 valence electrons. The molecule has 1 amide bonds. The van der Waals surface area contributed by atoms with Gasteiger partial charge in [-0.3, -0.25) is 4.79 Å². The summed E-state index contributed by atoms with van der Waals surface area (Å²) in [5.74, 6) is -0.0319. The van der Waals surface area contributed by atoms with Crippen LogP contribution in [0.4, 0.5) is 0 Å². The first-order valence-electron chi connectivity index (χ1n) is 5.83. The molecule has 1 rings (SSSR count). The van der Waals surface area contributed by atoms with Crippen LogP contribution in [0.3, 0.4) is 0 Å². The van der Waals surface area contributed by atoms with E-state index in [1.807, 2.05) is 6.92 Å². The number of hydrogen-bond acceptors (Lipinski definition) is 3. The Balaban J connectivity index is 2.35. The van der Waals surface area contributed by atoms with Crippen molar-refractivity contribution in [1.29, 1.82) is 0 Å². The maximum absolute atomic E-state index is 11.7. The second kappa shape index (κ2) is 6.08. The van der Waals surface area contributed by atoms with Crippen LogP contribution in [0.2, 0.25) is 0 Å². The number of amides is 1. The van der Waals surface area contributed by atoms with E-state index in [2.05, 4.69) is 5.32 Å². The van der Waals surface area contributed by atoms with Crippen LogP contribution in [0.1, 0.15) is 39.0 Å². The molecule has 3 atom stereocenters. The summed E-state index contributed by atoms with van der Waals surface area (Å²) in [6, 6.07) is -0.0496. The average Bonchev–Trinajstić information content (AvgIpc) is 2.21. The third-order valence-electron chi connectivity index (χ3n) is 3.10. The van der Waals surface area contributed by atoms with E-state index >= 15 is 0 Å².